The van der Waals surface area contributed by atoms with Gasteiger partial charge in [0.15, 0.2) is 0 Å². The quantitative estimate of drug-likeness (QED) is 0.799. The van der Waals surface area contributed by atoms with Crippen molar-refractivity contribution in [2.45, 2.75) is 39.3 Å². The number of benzene rings is 2. The molecule has 1 unspecified atom stereocenters. The summed E-state index contributed by atoms with van der Waals surface area (Å²) in [5.41, 5.74) is 1.60. The molecule has 2 amide bonds. The van der Waals surface area contributed by atoms with Gasteiger partial charge in [0.05, 0.1) is 0 Å². The van der Waals surface area contributed by atoms with E-state index >= 15 is 0 Å². The van der Waals surface area contributed by atoms with Gasteiger partial charge >= 0.3 is 0 Å². The van der Waals surface area contributed by atoms with Gasteiger partial charge in [-0.3, -0.25) is 9.59 Å². The maximum atomic E-state index is 13.0. The summed E-state index contributed by atoms with van der Waals surface area (Å²) >= 11 is 0. The van der Waals surface area contributed by atoms with Crippen LogP contribution in [0.5, 0.6) is 0 Å². The molecule has 0 fully saturated rings. The van der Waals surface area contributed by atoms with E-state index in [-0.39, 0.29) is 29.6 Å². The third kappa shape index (κ3) is 5.69. The summed E-state index contributed by atoms with van der Waals surface area (Å²) in [7, 11) is 0. The number of hydrogen-bond donors (Lipinski definition) is 2. The standard InChI is InChI=1S/C21H25FN2O2/c1-14(2)23-21(26)19(17-7-5-4-6-8-17)24-20(25)15(3)13-16-9-11-18(22)12-10-16/h4-12,14-15,19H,13H2,1-3H3,(H,23,26)(H,24,25)/t15?,19-/m0/s1. The molecule has 2 atom stereocenters. The molecule has 26 heavy (non-hydrogen) atoms. The van der Waals surface area contributed by atoms with Gasteiger partial charge in [-0.05, 0) is 43.5 Å². The van der Waals surface area contributed by atoms with Crippen LogP contribution in [0.25, 0.3) is 0 Å². The number of halogens is 1. The first-order valence-electron chi connectivity index (χ1n) is 8.77. The van der Waals surface area contributed by atoms with Gasteiger partial charge in [0.1, 0.15) is 11.9 Å². The lowest BCUT2D eigenvalue weighted by Gasteiger charge is -2.22. The lowest BCUT2D eigenvalue weighted by Crippen LogP contribution is -2.44. The SMILES string of the molecule is CC(C)NC(=O)[C@@H](NC(=O)C(C)Cc1ccc(F)cc1)c1ccccc1. The van der Waals surface area contributed by atoms with Gasteiger partial charge in [0.2, 0.25) is 11.8 Å². The first kappa shape index (κ1) is 19.6. The van der Waals surface area contributed by atoms with Gasteiger partial charge in [0, 0.05) is 12.0 Å². The van der Waals surface area contributed by atoms with Crippen molar-refractivity contribution in [1.29, 1.82) is 0 Å². The van der Waals surface area contributed by atoms with Gasteiger partial charge in [-0.1, -0.05) is 49.4 Å². The van der Waals surface area contributed by atoms with Crippen LogP contribution in [0, 0.1) is 11.7 Å². The fourth-order valence-corrected chi connectivity index (χ4v) is 2.66. The largest absolute Gasteiger partial charge is 0.352 e. The highest BCUT2D eigenvalue weighted by atomic mass is 19.1. The third-order valence-electron chi connectivity index (χ3n) is 4.02. The van der Waals surface area contributed by atoms with Crippen molar-refractivity contribution >= 4 is 11.8 Å². The van der Waals surface area contributed by atoms with Crippen molar-refractivity contribution in [1.82, 2.24) is 10.6 Å². The zero-order chi connectivity index (χ0) is 19.1. The molecule has 5 heteroatoms. The Hall–Kier alpha value is -2.69. The molecule has 2 aromatic carbocycles. The predicted octanol–water partition coefficient (Wildman–Crippen LogP) is 3.39. The Morgan fingerprint density at radius 1 is 0.885 bits per heavy atom. The summed E-state index contributed by atoms with van der Waals surface area (Å²) in [5, 5.41) is 5.69. The van der Waals surface area contributed by atoms with Crippen LogP contribution >= 0.6 is 0 Å². The zero-order valence-corrected chi connectivity index (χ0v) is 15.3. The van der Waals surface area contributed by atoms with Crippen molar-refractivity contribution < 1.29 is 14.0 Å². The van der Waals surface area contributed by atoms with Crippen LogP contribution in [0.3, 0.4) is 0 Å². The molecule has 2 aromatic rings. The van der Waals surface area contributed by atoms with Crippen LogP contribution in [0.4, 0.5) is 4.39 Å². The lowest BCUT2D eigenvalue weighted by molar-refractivity contribution is -0.131. The molecule has 138 valence electrons. The minimum absolute atomic E-state index is 0.0257. The topological polar surface area (TPSA) is 58.2 Å². The van der Waals surface area contributed by atoms with Crippen LogP contribution in [0.15, 0.2) is 54.6 Å². The first-order chi connectivity index (χ1) is 12.4. The average molecular weight is 356 g/mol. The van der Waals surface area contributed by atoms with E-state index in [2.05, 4.69) is 10.6 Å². The summed E-state index contributed by atoms with van der Waals surface area (Å²) in [6.45, 7) is 5.54. The number of hydrogen-bond acceptors (Lipinski definition) is 2. The van der Waals surface area contributed by atoms with E-state index in [9.17, 15) is 14.0 Å². The molecule has 4 nitrogen and oxygen atoms in total. The molecule has 2 N–H and O–H groups in total. The van der Waals surface area contributed by atoms with Crippen molar-refractivity contribution in [2.75, 3.05) is 0 Å². The Morgan fingerprint density at radius 3 is 2.08 bits per heavy atom. The van der Waals surface area contributed by atoms with Gasteiger partial charge < -0.3 is 10.6 Å². The van der Waals surface area contributed by atoms with Crippen LogP contribution < -0.4 is 10.6 Å². The molecule has 0 heterocycles. The van der Waals surface area contributed by atoms with Crippen molar-refractivity contribution in [3.8, 4) is 0 Å². The number of nitrogens with one attached hydrogen (secondary N) is 2. The third-order valence-corrected chi connectivity index (χ3v) is 4.02. The van der Waals surface area contributed by atoms with E-state index in [0.29, 0.717) is 6.42 Å². The second kappa shape index (κ2) is 9.13. The van der Waals surface area contributed by atoms with Crippen molar-refractivity contribution in [2.24, 2.45) is 5.92 Å². The highest BCUT2D eigenvalue weighted by Gasteiger charge is 2.25. The van der Waals surface area contributed by atoms with Gasteiger partial charge in [-0.2, -0.15) is 0 Å². The molecule has 0 bridgehead atoms. The van der Waals surface area contributed by atoms with Gasteiger partial charge in [-0.15, -0.1) is 0 Å². The molecule has 0 saturated carbocycles. The highest BCUT2D eigenvalue weighted by Crippen LogP contribution is 2.16. The molecular weight excluding hydrogens is 331 g/mol. The zero-order valence-electron chi connectivity index (χ0n) is 15.3. The molecule has 0 saturated heterocycles. The predicted molar refractivity (Wildman–Crippen MR) is 99.9 cm³/mol. The summed E-state index contributed by atoms with van der Waals surface area (Å²) in [6.07, 6.45) is 0.472. The van der Waals surface area contributed by atoms with Crippen molar-refractivity contribution in [3.63, 3.8) is 0 Å². The summed E-state index contributed by atoms with van der Waals surface area (Å²) in [6, 6.07) is 14.5. The fraction of sp³-hybridized carbons (Fsp3) is 0.333. The van der Waals surface area contributed by atoms with E-state index in [4.69, 9.17) is 0 Å². The minimum Gasteiger partial charge on any atom is -0.352 e. The molecular formula is C21H25FN2O2. The maximum Gasteiger partial charge on any atom is 0.247 e. The first-order valence-corrected chi connectivity index (χ1v) is 8.77. The summed E-state index contributed by atoms with van der Waals surface area (Å²) in [4.78, 5) is 25.2. The second-order valence-corrected chi connectivity index (χ2v) is 6.75. The molecule has 0 aliphatic carbocycles. The molecule has 2 rings (SSSR count). The monoisotopic (exact) mass is 356 g/mol. The highest BCUT2D eigenvalue weighted by molar-refractivity contribution is 5.89. The molecule has 0 aliphatic rings. The molecule has 0 aliphatic heterocycles. The second-order valence-electron chi connectivity index (χ2n) is 6.75. The summed E-state index contributed by atoms with van der Waals surface area (Å²) in [5.74, 6) is -1.12. The van der Waals surface area contributed by atoms with E-state index in [0.717, 1.165) is 11.1 Å². The van der Waals surface area contributed by atoms with Crippen LogP contribution in [0.1, 0.15) is 37.9 Å². The van der Waals surface area contributed by atoms with Crippen LogP contribution in [-0.2, 0) is 16.0 Å². The minimum atomic E-state index is -0.748. The van der Waals surface area contributed by atoms with Crippen LogP contribution in [0.2, 0.25) is 0 Å². The number of amides is 2. The Morgan fingerprint density at radius 2 is 1.50 bits per heavy atom. The Balaban J connectivity index is 2.09. The van der Waals surface area contributed by atoms with E-state index < -0.39 is 6.04 Å². The Labute approximate surface area is 153 Å². The lowest BCUT2D eigenvalue weighted by atomic mass is 9.99. The van der Waals surface area contributed by atoms with Gasteiger partial charge in [0.25, 0.3) is 0 Å². The molecule has 0 radical (unpaired) electrons. The smallest absolute Gasteiger partial charge is 0.247 e. The number of carbonyl (C=O) groups excluding carboxylic acids is 2. The average Bonchev–Trinajstić information content (AvgIpc) is 2.61. The van der Waals surface area contributed by atoms with Crippen LogP contribution in [-0.4, -0.2) is 17.9 Å². The number of rotatable bonds is 7. The Kier molecular flexibility index (Phi) is 6.89. The normalized spacial score (nSPS) is 13.1. The molecule has 0 aromatic heterocycles. The Bertz CT molecular complexity index is 729. The van der Waals surface area contributed by atoms with E-state index in [1.165, 1.54) is 12.1 Å². The molecule has 0 spiro atoms. The maximum absolute atomic E-state index is 13.0. The van der Waals surface area contributed by atoms with E-state index in [1.807, 2.05) is 44.2 Å². The van der Waals surface area contributed by atoms with E-state index in [1.54, 1.807) is 19.1 Å². The number of carbonyl (C=O) groups is 2. The fourth-order valence-electron chi connectivity index (χ4n) is 2.66. The van der Waals surface area contributed by atoms with Gasteiger partial charge in [-0.25, -0.2) is 4.39 Å². The summed E-state index contributed by atoms with van der Waals surface area (Å²) < 4.78 is 13.0. The van der Waals surface area contributed by atoms with Crippen molar-refractivity contribution in [3.05, 3.63) is 71.5 Å².